The lowest BCUT2D eigenvalue weighted by molar-refractivity contribution is -0.136. The number of piperidine rings is 1. The number of piperazine rings is 1. The molecule has 4 amide bonds. The van der Waals surface area contributed by atoms with Gasteiger partial charge >= 0.3 is 6.03 Å². The minimum absolute atomic E-state index is 0.0360. The highest BCUT2D eigenvalue weighted by Crippen LogP contribution is 2.32. The van der Waals surface area contributed by atoms with E-state index in [9.17, 15) is 14.4 Å². The van der Waals surface area contributed by atoms with E-state index in [0.717, 1.165) is 84.1 Å². The van der Waals surface area contributed by atoms with Gasteiger partial charge in [0.25, 0.3) is 5.91 Å². The van der Waals surface area contributed by atoms with Crippen molar-refractivity contribution in [3.05, 3.63) is 0 Å². The van der Waals surface area contributed by atoms with Crippen molar-refractivity contribution in [3.8, 4) is 0 Å². The fraction of sp³-hybridized carbons (Fsp3) is 0.864. The van der Waals surface area contributed by atoms with Crippen molar-refractivity contribution < 1.29 is 14.4 Å². The molecule has 1 N–H and O–H groups in total. The predicted molar refractivity (Wildman–Crippen MR) is 114 cm³/mol. The Kier molecular flexibility index (Phi) is 6.63. The van der Waals surface area contributed by atoms with Gasteiger partial charge < -0.3 is 10.2 Å². The summed E-state index contributed by atoms with van der Waals surface area (Å²) in [5.74, 6) is 0.200. The molecule has 168 valence electrons. The van der Waals surface area contributed by atoms with E-state index in [0.29, 0.717) is 19.3 Å². The van der Waals surface area contributed by atoms with Crippen LogP contribution >= 0.6 is 0 Å². The summed E-state index contributed by atoms with van der Waals surface area (Å²) in [5, 5.41) is 3.02. The van der Waals surface area contributed by atoms with Gasteiger partial charge in [-0.15, -0.1) is 0 Å². The normalized spacial score (nSPS) is 28.6. The number of urea groups is 1. The number of nitrogens with one attached hydrogen (secondary N) is 1. The molecule has 0 unspecified atom stereocenters. The molecule has 0 aromatic heterocycles. The molecular formula is C22H37N5O3. The molecular weight excluding hydrogens is 382 g/mol. The third kappa shape index (κ3) is 4.49. The van der Waals surface area contributed by atoms with Crippen LogP contribution in [0.1, 0.15) is 64.7 Å². The summed E-state index contributed by atoms with van der Waals surface area (Å²) in [5.41, 5.74) is -0.660. The molecule has 1 atom stereocenters. The summed E-state index contributed by atoms with van der Waals surface area (Å²) in [6, 6.07) is 0.113. The van der Waals surface area contributed by atoms with Gasteiger partial charge in [-0.2, -0.15) is 0 Å². The van der Waals surface area contributed by atoms with E-state index in [1.165, 1.54) is 11.3 Å². The molecule has 3 heterocycles. The van der Waals surface area contributed by atoms with Crippen LogP contribution in [-0.4, -0.2) is 95.0 Å². The number of amides is 4. The number of carbonyl (C=O) groups excluding carboxylic acids is 3. The standard InChI is InChI=1S/C22H37N5O3/c1-18-8-4-7-11-26(18)19(28)16-24-12-14-25(15-13-24)17-27-20(29)22(23-21(27)30)9-5-2-3-6-10-22/h18H,2-17H2,1H3,(H,23,30)/t18-/m1/s1. The van der Waals surface area contributed by atoms with E-state index in [1.807, 2.05) is 4.90 Å². The zero-order chi connectivity index (χ0) is 21.1. The maximum Gasteiger partial charge on any atom is 0.326 e. The number of rotatable bonds is 4. The SMILES string of the molecule is C[C@@H]1CCCCN1C(=O)CN1CCN(CN2C(=O)NC3(CCCCCC3)C2=O)CC1. The molecule has 3 aliphatic heterocycles. The van der Waals surface area contributed by atoms with Crippen LogP contribution < -0.4 is 5.32 Å². The number of imide groups is 1. The highest BCUT2D eigenvalue weighted by Gasteiger charge is 2.51. The summed E-state index contributed by atoms with van der Waals surface area (Å²) in [7, 11) is 0. The summed E-state index contributed by atoms with van der Waals surface area (Å²) >= 11 is 0. The Morgan fingerprint density at radius 3 is 2.27 bits per heavy atom. The van der Waals surface area contributed by atoms with E-state index >= 15 is 0 Å². The second-order valence-corrected chi connectivity index (χ2v) is 9.63. The highest BCUT2D eigenvalue weighted by molar-refractivity contribution is 6.07. The van der Waals surface area contributed by atoms with Crippen molar-refractivity contribution in [1.82, 2.24) is 24.9 Å². The monoisotopic (exact) mass is 419 g/mol. The number of hydrogen-bond acceptors (Lipinski definition) is 5. The molecule has 4 fully saturated rings. The summed E-state index contributed by atoms with van der Waals surface area (Å²) in [6.07, 6.45) is 9.24. The molecule has 0 aromatic rings. The Morgan fingerprint density at radius 2 is 1.60 bits per heavy atom. The van der Waals surface area contributed by atoms with Crippen LogP contribution in [0.4, 0.5) is 4.79 Å². The zero-order valence-electron chi connectivity index (χ0n) is 18.4. The van der Waals surface area contributed by atoms with Crippen LogP contribution in [0.25, 0.3) is 0 Å². The number of likely N-dealkylation sites (tertiary alicyclic amines) is 1. The van der Waals surface area contributed by atoms with Crippen molar-refractivity contribution >= 4 is 17.8 Å². The van der Waals surface area contributed by atoms with Gasteiger partial charge in [0.2, 0.25) is 5.91 Å². The van der Waals surface area contributed by atoms with Crippen LogP contribution in [0.3, 0.4) is 0 Å². The maximum atomic E-state index is 13.1. The fourth-order valence-corrected chi connectivity index (χ4v) is 5.52. The summed E-state index contributed by atoms with van der Waals surface area (Å²) in [6.45, 7) is 7.00. The molecule has 3 saturated heterocycles. The van der Waals surface area contributed by atoms with Gasteiger partial charge in [-0.25, -0.2) is 9.69 Å². The maximum absolute atomic E-state index is 13.1. The largest absolute Gasteiger partial charge is 0.339 e. The molecule has 0 radical (unpaired) electrons. The van der Waals surface area contributed by atoms with Crippen molar-refractivity contribution in [3.63, 3.8) is 0 Å². The van der Waals surface area contributed by atoms with Crippen LogP contribution in [0.5, 0.6) is 0 Å². The molecule has 0 aromatic carbocycles. The van der Waals surface area contributed by atoms with Crippen molar-refractivity contribution in [2.45, 2.75) is 76.3 Å². The van der Waals surface area contributed by atoms with E-state index < -0.39 is 5.54 Å². The van der Waals surface area contributed by atoms with Crippen molar-refractivity contribution in [1.29, 1.82) is 0 Å². The van der Waals surface area contributed by atoms with Gasteiger partial charge in [0, 0.05) is 38.8 Å². The molecule has 4 rings (SSSR count). The van der Waals surface area contributed by atoms with Gasteiger partial charge in [-0.1, -0.05) is 25.7 Å². The second kappa shape index (κ2) is 9.22. The van der Waals surface area contributed by atoms with Crippen LogP contribution in [-0.2, 0) is 9.59 Å². The first-order chi connectivity index (χ1) is 14.5. The third-order valence-electron chi connectivity index (χ3n) is 7.49. The minimum Gasteiger partial charge on any atom is -0.339 e. The quantitative estimate of drug-likeness (QED) is 0.701. The molecule has 1 saturated carbocycles. The topological polar surface area (TPSA) is 76.2 Å². The molecule has 8 heteroatoms. The van der Waals surface area contributed by atoms with E-state index in [4.69, 9.17) is 0 Å². The third-order valence-corrected chi connectivity index (χ3v) is 7.49. The minimum atomic E-state index is -0.660. The Balaban J connectivity index is 1.26. The lowest BCUT2D eigenvalue weighted by atomic mass is 9.90. The molecule has 30 heavy (non-hydrogen) atoms. The molecule has 1 aliphatic carbocycles. The predicted octanol–water partition coefficient (Wildman–Crippen LogP) is 1.61. The number of carbonyl (C=O) groups is 3. The Labute approximate surface area is 179 Å². The summed E-state index contributed by atoms with van der Waals surface area (Å²) in [4.78, 5) is 46.2. The average molecular weight is 420 g/mol. The first-order valence-corrected chi connectivity index (χ1v) is 11.9. The lowest BCUT2D eigenvalue weighted by Crippen LogP contribution is -2.54. The Morgan fingerprint density at radius 1 is 0.933 bits per heavy atom. The van der Waals surface area contributed by atoms with E-state index in [1.54, 1.807) is 0 Å². The first kappa shape index (κ1) is 21.6. The van der Waals surface area contributed by atoms with Gasteiger partial charge in [-0.3, -0.25) is 19.4 Å². The number of hydrogen-bond donors (Lipinski definition) is 1. The first-order valence-electron chi connectivity index (χ1n) is 11.9. The highest BCUT2D eigenvalue weighted by atomic mass is 16.2. The zero-order valence-corrected chi connectivity index (χ0v) is 18.4. The Hall–Kier alpha value is -1.67. The number of nitrogens with zero attached hydrogens (tertiary/aromatic N) is 4. The van der Waals surface area contributed by atoms with E-state index in [-0.39, 0.29) is 17.8 Å². The smallest absolute Gasteiger partial charge is 0.326 e. The molecule has 4 aliphatic rings. The van der Waals surface area contributed by atoms with Crippen molar-refractivity contribution in [2.75, 3.05) is 45.9 Å². The van der Waals surface area contributed by atoms with Gasteiger partial charge in [-0.05, 0) is 39.0 Å². The van der Waals surface area contributed by atoms with Crippen LogP contribution in [0.2, 0.25) is 0 Å². The van der Waals surface area contributed by atoms with Crippen molar-refractivity contribution in [2.24, 2.45) is 0 Å². The van der Waals surface area contributed by atoms with E-state index in [2.05, 4.69) is 22.0 Å². The second-order valence-electron chi connectivity index (χ2n) is 9.63. The molecule has 8 nitrogen and oxygen atoms in total. The Bertz CT molecular complexity index is 653. The molecule has 1 spiro atoms. The average Bonchev–Trinajstić information content (AvgIpc) is 2.90. The molecule has 0 bridgehead atoms. The lowest BCUT2D eigenvalue weighted by Gasteiger charge is -2.38. The van der Waals surface area contributed by atoms with Crippen LogP contribution in [0.15, 0.2) is 0 Å². The van der Waals surface area contributed by atoms with Gasteiger partial charge in [0.15, 0.2) is 0 Å². The van der Waals surface area contributed by atoms with Crippen LogP contribution in [0, 0.1) is 0 Å². The fourth-order valence-electron chi connectivity index (χ4n) is 5.52. The van der Waals surface area contributed by atoms with Gasteiger partial charge in [0.1, 0.15) is 5.54 Å². The summed E-state index contributed by atoms with van der Waals surface area (Å²) < 4.78 is 0. The van der Waals surface area contributed by atoms with Gasteiger partial charge in [0.05, 0.1) is 13.2 Å².